The first-order valence-corrected chi connectivity index (χ1v) is 4.41. The second-order valence-corrected chi connectivity index (χ2v) is 3.49. The van der Waals surface area contributed by atoms with Gasteiger partial charge in [0.25, 0.3) is 0 Å². The molecule has 2 rings (SSSR count). The number of nitrogens with one attached hydrogen (secondary N) is 1. The highest BCUT2D eigenvalue weighted by atomic mass is 35.5. The number of imidazole rings is 1. The van der Waals surface area contributed by atoms with Crippen LogP contribution in [0.2, 0.25) is 10.0 Å². The second-order valence-electron chi connectivity index (χ2n) is 2.67. The van der Waals surface area contributed by atoms with Crippen LogP contribution in [0, 0.1) is 0 Å². The average Bonchev–Trinajstić information content (AvgIpc) is 2.48. The van der Waals surface area contributed by atoms with Crippen molar-refractivity contribution in [1.29, 1.82) is 0 Å². The molecule has 2 N–H and O–H groups in total. The average molecular weight is 231 g/mol. The number of aromatic nitrogens is 2. The molecule has 1 heterocycles. The molecule has 6 heteroatoms. The number of hydrogen-bond acceptors (Lipinski definition) is 2. The SMILES string of the molecule is O=C(O)c1nc2cc(Cl)c(Cl)cc2[nH]1. The van der Waals surface area contributed by atoms with Crippen molar-refractivity contribution in [1.82, 2.24) is 9.97 Å². The third-order valence-electron chi connectivity index (χ3n) is 1.73. The molecule has 2 aromatic rings. The van der Waals surface area contributed by atoms with Gasteiger partial charge in [-0.15, -0.1) is 0 Å². The summed E-state index contributed by atoms with van der Waals surface area (Å²) >= 11 is 11.5. The summed E-state index contributed by atoms with van der Waals surface area (Å²) in [6.07, 6.45) is 0. The van der Waals surface area contributed by atoms with Gasteiger partial charge in [0.2, 0.25) is 5.82 Å². The van der Waals surface area contributed by atoms with Crippen LogP contribution in [0.25, 0.3) is 11.0 Å². The summed E-state index contributed by atoms with van der Waals surface area (Å²) in [4.78, 5) is 17.0. The predicted octanol–water partition coefficient (Wildman–Crippen LogP) is 2.57. The second kappa shape index (κ2) is 3.15. The van der Waals surface area contributed by atoms with Crippen LogP contribution in [0.1, 0.15) is 10.6 Å². The Morgan fingerprint density at radius 2 is 2.00 bits per heavy atom. The van der Waals surface area contributed by atoms with Crippen LogP contribution in [-0.4, -0.2) is 21.0 Å². The first-order valence-electron chi connectivity index (χ1n) is 3.66. The van der Waals surface area contributed by atoms with Gasteiger partial charge in [0.05, 0.1) is 21.1 Å². The largest absolute Gasteiger partial charge is 0.475 e. The lowest BCUT2D eigenvalue weighted by Crippen LogP contribution is -1.97. The third kappa shape index (κ3) is 1.42. The summed E-state index contributed by atoms with van der Waals surface area (Å²) in [7, 11) is 0. The number of benzene rings is 1. The summed E-state index contributed by atoms with van der Waals surface area (Å²) < 4.78 is 0. The molecule has 0 spiro atoms. The Kier molecular flexibility index (Phi) is 2.09. The molecule has 0 radical (unpaired) electrons. The van der Waals surface area contributed by atoms with Crippen LogP contribution in [0.4, 0.5) is 0 Å². The van der Waals surface area contributed by atoms with E-state index in [-0.39, 0.29) is 5.82 Å². The number of H-pyrrole nitrogens is 1. The van der Waals surface area contributed by atoms with Gasteiger partial charge >= 0.3 is 5.97 Å². The Balaban J connectivity index is 2.72. The van der Waals surface area contributed by atoms with E-state index in [1.54, 1.807) is 6.07 Å². The Morgan fingerprint density at radius 1 is 1.36 bits per heavy atom. The van der Waals surface area contributed by atoms with Gasteiger partial charge in [-0.05, 0) is 12.1 Å². The Hall–Kier alpha value is -1.26. The van der Waals surface area contributed by atoms with E-state index in [0.717, 1.165) is 0 Å². The summed E-state index contributed by atoms with van der Waals surface area (Å²) in [5.41, 5.74) is 1.04. The number of fused-ring (bicyclic) bond motifs is 1. The van der Waals surface area contributed by atoms with E-state index >= 15 is 0 Å². The lowest BCUT2D eigenvalue weighted by molar-refractivity contribution is 0.0685. The summed E-state index contributed by atoms with van der Waals surface area (Å²) in [6, 6.07) is 3.06. The third-order valence-corrected chi connectivity index (χ3v) is 2.45. The van der Waals surface area contributed by atoms with Gasteiger partial charge in [0.15, 0.2) is 0 Å². The number of hydrogen-bond donors (Lipinski definition) is 2. The molecule has 14 heavy (non-hydrogen) atoms. The minimum atomic E-state index is -1.12. The molecule has 0 atom stereocenters. The molecule has 0 aliphatic carbocycles. The number of halogens is 2. The van der Waals surface area contributed by atoms with E-state index in [1.165, 1.54) is 6.07 Å². The lowest BCUT2D eigenvalue weighted by atomic mass is 10.3. The minimum absolute atomic E-state index is 0.127. The van der Waals surface area contributed by atoms with Gasteiger partial charge in [-0.1, -0.05) is 23.2 Å². The zero-order valence-electron chi connectivity index (χ0n) is 6.71. The van der Waals surface area contributed by atoms with E-state index in [2.05, 4.69) is 9.97 Å². The highest BCUT2D eigenvalue weighted by molar-refractivity contribution is 6.42. The maximum absolute atomic E-state index is 10.6. The van der Waals surface area contributed by atoms with Gasteiger partial charge in [0, 0.05) is 0 Å². The Morgan fingerprint density at radius 3 is 2.64 bits per heavy atom. The van der Waals surface area contributed by atoms with E-state index in [1.807, 2.05) is 0 Å². The first kappa shape index (κ1) is 9.30. The molecule has 0 saturated heterocycles. The molecule has 1 aromatic carbocycles. The molecule has 0 fully saturated rings. The van der Waals surface area contributed by atoms with Crippen molar-refractivity contribution >= 4 is 40.2 Å². The topological polar surface area (TPSA) is 66.0 Å². The fraction of sp³-hybridized carbons (Fsp3) is 0. The molecule has 1 aromatic heterocycles. The van der Waals surface area contributed by atoms with Crippen LogP contribution in [0.15, 0.2) is 12.1 Å². The van der Waals surface area contributed by atoms with Crippen molar-refractivity contribution in [2.45, 2.75) is 0 Å². The number of carboxylic acids is 1. The molecule has 0 unspecified atom stereocenters. The van der Waals surface area contributed by atoms with E-state index < -0.39 is 5.97 Å². The smallest absolute Gasteiger partial charge is 0.371 e. The predicted molar refractivity (Wildman–Crippen MR) is 53.1 cm³/mol. The van der Waals surface area contributed by atoms with Crippen molar-refractivity contribution in [3.8, 4) is 0 Å². The van der Waals surface area contributed by atoms with Gasteiger partial charge < -0.3 is 10.1 Å². The molecule has 0 saturated carbocycles. The highest BCUT2D eigenvalue weighted by Gasteiger charge is 2.10. The van der Waals surface area contributed by atoms with Crippen molar-refractivity contribution in [3.05, 3.63) is 28.0 Å². The number of nitrogens with zero attached hydrogens (tertiary/aromatic N) is 1. The fourth-order valence-electron chi connectivity index (χ4n) is 1.11. The molecule has 0 aliphatic heterocycles. The molecular weight excluding hydrogens is 227 g/mol. The molecular formula is C8H4Cl2N2O2. The van der Waals surface area contributed by atoms with Crippen LogP contribution < -0.4 is 0 Å². The fourth-order valence-corrected chi connectivity index (χ4v) is 1.43. The summed E-state index contributed by atoms with van der Waals surface area (Å²) in [5.74, 6) is -1.24. The molecule has 4 nitrogen and oxygen atoms in total. The highest BCUT2D eigenvalue weighted by Crippen LogP contribution is 2.26. The van der Waals surface area contributed by atoms with Crippen molar-refractivity contribution in [3.63, 3.8) is 0 Å². The normalized spacial score (nSPS) is 10.7. The van der Waals surface area contributed by atoms with Gasteiger partial charge in [-0.25, -0.2) is 9.78 Å². The van der Waals surface area contributed by atoms with Gasteiger partial charge in [-0.3, -0.25) is 0 Å². The van der Waals surface area contributed by atoms with Crippen molar-refractivity contribution in [2.75, 3.05) is 0 Å². The van der Waals surface area contributed by atoms with Crippen LogP contribution >= 0.6 is 23.2 Å². The zero-order chi connectivity index (χ0) is 10.3. The van der Waals surface area contributed by atoms with Gasteiger partial charge in [-0.2, -0.15) is 0 Å². The standard InChI is InChI=1S/C8H4Cl2N2O2/c9-3-1-5-6(2-4(3)10)12-7(11-5)8(13)14/h1-2H,(H,11,12)(H,13,14). The zero-order valence-corrected chi connectivity index (χ0v) is 8.23. The van der Waals surface area contributed by atoms with Crippen LogP contribution in [-0.2, 0) is 0 Å². The lowest BCUT2D eigenvalue weighted by Gasteiger charge is -1.93. The monoisotopic (exact) mass is 230 g/mol. The number of rotatable bonds is 1. The quantitative estimate of drug-likeness (QED) is 0.792. The Bertz CT molecular complexity index is 482. The van der Waals surface area contributed by atoms with Crippen molar-refractivity contribution in [2.24, 2.45) is 0 Å². The van der Waals surface area contributed by atoms with Crippen LogP contribution in [0.3, 0.4) is 0 Å². The summed E-state index contributed by atoms with van der Waals surface area (Å²) in [6.45, 7) is 0. The van der Waals surface area contributed by atoms with Crippen molar-refractivity contribution < 1.29 is 9.90 Å². The maximum atomic E-state index is 10.6. The first-order chi connectivity index (χ1) is 6.58. The van der Waals surface area contributed by atoms with E-state index in [9.17, 15) is 4.79 Å². The maximum Gasteiger partial charge on any atom is 0.371 e. The van der Waals surface area contributed by atoms with Gasteiger partial charge in [0.1, 0.15) is 0 Å². The summed E-state index contributed by atoms with van der Waals surface area (Å²) in [5, 5.41) is 9.38. The van der Waals surface area contributed by atoms with E-state index in [4.69, 9.17) is 28.3 Å². The molecule has 0 amide bonds. The number of carboxylic acid groups (broad SMARTS) is 1. The minimum Gasteiger partial charge on any atom is -0.475 e. The molecule has 72 valence electrons. The Labute approximate surface area is 88.5 Å². The number of carbonyl (C=O) groups is 1. The number of aromatic amines is 1. The molecule has 0 bridgehead atoms. The van der Waals surface area contributed by atoms with Crippen LogP contribution in [0.5, 0.6) is 0 Å². The van der Waals surface area contributed by atoms with E-state index in [0.29, 0.717) is 21.1 Å². The number of aromatic carboxylic acids is 1. The molecule has 0 aliphatic rings.